The maximum atomic E-state index is 13.9. The molecule has 0 spiro atoms. The first-order valence-electron chi connectivity index (χ1n) is 7.93. The minimum Gasteiger partial charge on any atom is -0.378 e. The highest BCUT2D eigenvalue weighted by molar-refractivity contribution is 6.34. The van der Waals surface area contributed by atoms with Crippen molar-refractivity contribution >= 4 is 34.8 Å². The first-order chi connectivity index (χ1) is 12.0. The molecule has 1 unspecified atom stereocenters. The second-order valence-electron chi connectivity index (χ2n) is 5.72. The molecule has 0 aliphatic carbocycles. The van der Waals surface area contributed by atoms with E-state index < -0.39 is 11.7 Å². The zero-order chi connectivity index (χ0) is 17.8. The molecule has 2 aromatic rings. The summed E-state index contributed by atoms with van der Waals surface area (Å²) in [6.07, 6.45) is 4.77. The summed E-state index contributed by atoms with van der Waals surface area (Å²) in [5, 5.41) is 2.66. The lowest BCUT2D eigenvalue weighted by Crippen LogP contribution is -2.18. The molecule has 1 amide bonds. The van der Waals surface area contributed by atoms with Crippen molar-refractivity contribution in [3.8, 4) is 0 Å². The van der Waals surface area contributed by atoms with Gasteiger partial charge in [0.25, 0.3) is 5.91 Å². The molecule has 1 aliphatic rings. The van der Waals surface area contributed by atoms with Crippen molar-refractivity contribution in [1.29, 1.82) is 0 Å². The van der Waals surface area contributed by atoms with Crippen molar-refractivity contribution in [2.24, 2.45) is 0 Å². The maximum absolute atomic E-state index is 13.9. The second-order valence-corrected chi connectivity index (χ2v) is 6.47. The zero-order valence-electron chi connectivity index (χ0n) is 13.3. The van der Waals surface area contributed by atoms with E-state index in [-0.39, 0.29) is 27.7 Å². The van der Waals surface area contributed by atoms with E-state index in [1.807, 2.05) is 0 Å². The van der Waals surface area contributed by atoms with E-state index in [2.05, 4.69) is 15.3 Å². The molecule has 0 bridgehead atoms. The molecular weight excluding hydrogens is 368 g/mol. The average Bonchev–Trinajstić information content (AvgIpc) is 3.10. The molecule has 0 radical (unpaired) electrons. The fourth-order valence-corrected chi connectivity index (χ4v) is 3.10. The summed E-state index contributed by atoms with van der Waals surface area (Å²) in [4.78, 5) is 20.6. The van der Waals surface area contributed by atoms with Gasteiger partial charge in [-0.25, -0.2) is 14.4 Å². The van der Waals surface area contributed by atoms with Crippen LogP contribution in [0.2, 0.25) is 10.3 Å². The standard InChI is InChI=1S/C17H16Cl2FN3O2/c18-12-4-1-5-13(20)15(12)23-16(24)11-9-21-17(19)22-14(11)7-6-10-3-2-8-25-10/h1,4-5,9-10H,2-3,6-8H2,(H,23,24). The quantitative estimate of drug-likeness (QED) is 0.782. The normalized spacial score (nSPS) is 16.8. The number of hydrogen-bond donors (Lipinski definition) is 1. The number of anilines is 1. The number of aryl methyl sites for hydroxylation is 1. The molecule has 0 saturated carbocycles. The predicted molar refractivity (Wildman–Crippen MR) is 93.7 cm³/mol. The maximum Gasteiger partial charge on any atom is 0.259 e. The highest BCUT2D eigenvalue weighted by Gasteiger charge is 2.20. The van der Waals surface area contributed by atoms with E-state index in [4.69, 9.17) is 27.9 Å². The minimum atomic E-state index is -0.614. The lowest BCUT2D eigenvalue weighted by molar-refractivity contribution is 0.101. The SMILES string of the molecule is O=C(Nc1c(F)cccc1Cl)c1cnc(Cl)nc1CCC1CCCO1. The van der Waals surface area contributed by atoms with Crippen LogP contribution in [-0.4, -0.2) is 28.6 Å². The van der Waals surface area contributed by atoms with Crippen LogP contribution in [0.25, 0.3) is 0 Å². The molecule has 8 heteroatoms. The van der Waals surface area contributed by atoms with Crippen molar-refractivity contribution in [3.05, 3.63) is 51.8 Å². The van der Waals surface area contributed by atoms with Gasteiger partial charge in [-0.3, -0.25) is 4.79 Å². The van der Waals surface area contributed by atoms with Crippen molar-refractivity contribution in [3.63, 3.8) is 0 Å². The van der Waals surface area contributed by atoms with Crippen LogP contribution in [0.5, 0.6) is 0 Å². The number of aromatic nitrogens is 2. The monoisotopic (exact) mass is 383 g/mol. The molecule has 2 heterocycles. The van der Waals surface area contributed by atoms with Gasteiger partial charge < -0.3 is 10.1 Å². The van der Waals surface area contributed by atoms with Crippen LogP contribution in [0.15, 0.2) is 24.4 Å². The van der Waals surface area contributed by atoms with Gasteiger partial charge in [0.05, 0.1) is 28.1 Å². The lowest BCUT2D eigenvalue weighted by Gasteiger charge is -2.13. The van der Waals surface area contributed by atoms with Gasteiger partial charge in [0.15, 0.2) is 0 Å². The highest BCUT2D eigenvalue weighted by atomic mass is 35.5. The fourth-order valence-electron chi connectivity index (χ4n) is 2.74. The Kier molecular flexibility index (Phi) is 5.83. The van der Waals surface area contributed by atoms with Gasteiger partial charge >= 0.3 is 0 Å². The molecule has 1 atom stereocenters. The smallest absolute Gasteiger partial charge is 0.259 e. The van der Waals surface area contributed by atoms with Gasteiger partial charge in [-0.2, -0.15) is 0 Å². The second kappa shape index (κ2) is 8.08. The third kappa shape index (κ3) is 4.45. The van der Waals surface area contributed by atoms with Gasteiger partial charge in [0.1, 0.15) is 5.82 Å². The molecule has 132 valence electrons. The molecule has 5 nitrogen and oxygen atoms in total. The first kappa shape index (κ1) is 18.0. The molecule has 1 N–H and O–H groups in total. The number of ether oxygens (including phenoxy) is 1. The third-order valence-electron chi connectivity index (χ3n) is 4.01. The number of rotatable bonds is 5. The third-order valence-corrected chi connectivity index (χ3v) is 4.51. The lowest BCUT2D eigenvalue weighted by atomic mass is 10.1. The van der Waals surface area contributed by atoms with Gasteiger partial charge in [0.2, 0.25) is 5.28 Å². The summed E-state index contributed by atoms with van der Waals surface area (Å²) >= 11 is 11.8. The van der Waals surface area contributed by atoms with Crippen LogP contribution in [-0.2, 0) is 11.2 Å². The van der Waals surface area contributed by atoms with Crippen molar-refractivity contribution < 1.29 is 13.9 Å². The number of amides is 1. The van der Waals surface area contributed by atoms with Crippen LogP contribution in [0.3, 0.4) is 0 Å². The van der Waals surface area contributed by atoms with Crippen molar-refractivity contribution in [2.45, 2.75) is 31.8 Å². The molecule has 1 fully saturated rings. The Balaban J connectivity index is 1.79. The number of para-hydroxylation sites is 1. The Labute approximate surface area is 154 Å². The molecule has 25 heavy (non-hydrogen) atoms. The number of hydrogen-bond acceptors (Lipinski definition) is 4. The summed E-state index contributed by atoms with van der Waals surface area (Å²) in [6, 6.07) is 4.18. The molecular formula is C17H16Cl2FN3O2. The predicted octanol–water partition coefficient (Wildman–Crippen LogP) is 4.29. The van der Waals surface area contributed by atoms with Gasteiger partial charge in [0, 0.05) is 12.8 Å². The highest BCUT2D eigenvalue weighted by Crippen LogP contribution is 2.26. The average molecular weight is 384 g/mol. The van der Waals surface area contributed by atoms with Gasteiger partial charge in [-0.05, 0) is 49.4 Å². The van der Waals surface area contributed by atoms with E-state index >= 15 is 0 Å². The van der Waals surface area contributed by atoms with Crippen LogP contribution >= 0.6 is 23.2 Å². The van der Waals surface area contributed by atoms with E-state index in [0.717, 1.165) is 25.9 Å². The summed E-state index contributed by atoms with van der Waals surface area (Å²) in [5.74, 6) is -1.15. The summed E-state index contributed by atoms with van der Waals surface area (Å²) < 4.78 is 19.5. The molecule has 1 aromatic carbocycles. The topological polar surface area (TPSA) is 64.1 Å². The van der Waals surface area contributed by atoms with Gasteiger partial charge in [-0.15, -0.1) is 0 Å². The number of benzene rings is 1. The van der Waals surface area contributed by atoms with E-state index in [1.165, 1.54) is 24.4 Å². The van der Waals surface area contributed by atoms with E-state index in [9.17, 15) is 9.18 Å². The molecule has 3 rings (SSSR count). The minimum absolute atomic E-state index is 0.0582. The molecule has 1 aliphatic heterocycles. The molecule has 1 aromatic heterocycles. The van der Waals surface area contributed by atoms with Crippen LogP contribution in [0, 0.1) is 5.82 Å². The van der Waals surface area contributed by atoms with Gasteiger partial charge in [-0.1, -0.05) is 17.7 Å². The fraction of sp³-hybridized carbons (Fsp3) is 0.353. The van der Waals surface area contributed by atoms with E-state index in [0.29, 0.717) is 12.1 Å². The summed E-state index contributed by atoms with van der Waals surface area (Å²) in [7, 11) is 0. The van der Waals surface area contributed by atoms with E-state index in [1.54, 1.807) is 0 Å². The number of halogens is 3. The molecule has 1 saturated heterocycles. The van der Waals surface area contributed by atoms with Crippen LogP contribution < -0.4 is 5.32 Å². The summed E-state index contributed by atoms with van der Waals surface area (Å²) in [6.45, 7) is 0.758. The van der Waals surface area contributed by atoms with Crippen LogP contribution in [0.4, 0.5) is 10.1 Å². The van der Waals surface area contributed by atoms with Crippen LogP contribution in [0.1, 0.15) is 35.3 Å². The number of carbonyl (C=O) groups excluding carboxylic acids is 1. The Bertz CT molecular complexity index is 762. The zero-order valence-corrected chi connectivity index (χ0v) is 14.8. The first-order valence-corrected chi connectivity index (χ1v) is 8.68. The Morgan fingerprint density at radius 1 is 1.40 bits per heavy atom. The number of nitrogens with one attached hydrogen (secondary N) is 1. The Hall–Kier alpha value is -1.76. The summed E-state index contributed by atoms with van der Waals surface area (Å²) in [5.41, 5.74) is 0.663. The number of carbonyl (C=O) groups is 1. The van der Waals surface area contributed by atoms with Crippen molar-refractivity contribution in [1.82, 2.24) is 9.97 Å². The largest absolute Gasteiger partial charge is 0.378 e. The Morgan fingerprint density at radius 3 is 2.96 bits per heavy atom. The Morgan fingerprint density at radius 2 is 2.24 bits per heavy atom. The number of nitrogens with zero attached hydrogens (tertiary/aromatic N) is 2. The van der Waals surface area contributed by atoms with Crippen molar-refractivity contribution in [2.75, 3.05) is 11.9 Å².